The van der Waals surface area contributed by atoms with Crippen molar-refractivity contribution in [3.63, 3.8) is 0 Å². The maximum absolute atomic E-state index is 13.2. The first kappa shape index (κ1) is 25.7. The van der Waals surface area contributed by atoms with Gasteiger partial charge < -0.3 is 33.7 Å². The number of ketones is 1. The van der Waals surface area contributed by atoms with Crippen LogP contribution in [0.5, 0.6) is 11.5 Å². The van der Waals surface area contributed by atoms with Gasteiger partial charge in [0, 0.05) is 25.2 Å². The highest BCUT2D eigenvalue weighted by Crippen LogP contribution is 2.35. The largest absolute Gasteiger partial charge is 0.497 e. The maximum atomic E-state index is 13.2. The van der Waals surface area contributed by atoms with Crippen molar-refractivity contribution in [3.05, 3.63) is 29.8 Å². The van der Waals surface area contributed by atoms with Crippen LogP contribution in [0.2, 0.25) is 0 Å². The number of benzene rings is 1. The summed E-state index contributed by atoms with van der Waals surface area (Å²) in [5.41, 5.74) is 0.150. The van der Waals surface area contributed by atoms with Crippen molar-refractivity contribution >= 4 is 23.3 Å². The van der Waals surface area contributed by atoms with E-state index in [1.807, 2.05) is 6.92 Å². The van der Waals surface area contributed by atoms with E-state index in [1.54, 1.807) is 26.8 Å². The van der Waals surface area contributed by atoms with Crippen LogP contribution in [0, 0.1) is 5.92 Å². The molecule has 0 aromatic heterocycles. The minimum atomic E-state index is -1.03. The molecule has 1 N–H and O–H groups in total. The number of hydrogen-bond donors (Lipinski definition) is 1. The van der Waals surface area contributed by atoms with Crippen LogP contribution >= 0.6 is 0 Å². The smallest absolute Gasteiger partial charge is 0.344 e. The van der Waals surface area contributed by atoms with Crippen LogP contribution in [0.3, 0.4) is 0 Å². The van der Waals surface area contributed by atoms with Crippen LogP contribution in [-0.4, -0.2) is 62.8 Å². The lowest BCUT2D eigenvalue weighted by Crippen LogP contribution is -2.34. The second-order valence-corrected chi connectivity index (χ2v) is 8.68. The summed E-state index contributed by atoms with van der Waals surface area (Å²) in [6, 6.07) is 3.00. The normalized spacial score (nSPS) is 28.1. The summed E-state index contributed by atoms with van der Waals surface area (Å²) in [5, 5.41) is 2.71. The zero-order valence-electron chi connectivity index (χ0n) is 20.2. The fraction of sp³-hybridized carbons (Fsp3) is 0.542. The Balaban J connectivity index is 2.06. The summed E-state index contributed by atoms with van der Waals surface area (Å²) >= 11 is 0. The Kier molecular flexibility index (Phi) is 7.96. The fourth-order valence-electron chi connectivity index (χ4n) is 3.70. The van der Waals surface area contributed by atoms with Gasteiger partial charge in [0.05, 0.1) is 19.2 Å². The minimum Gasteiger partial charge on any atom is -0.497 e. The Morgan fingerprint density at radius 3 is 2.53 bits per heavy atom. The van der Waals surface area contributed by atoms with Crippen LogP contribution in [0.1, 0.15) is 44.5 Å². The highest BCUT2D eigenvalue weighted by Gasteiger charge is 2.45. The van der Waals surface area contributed by atoms with E-state index < -0.39 is 36.0 Å². The van der Waals surface area contributed by atoms with E-state index >= 15 is 0 Å². The van der Waals surface area contributed by atoms with Gasteiger partial charge in [-0.15, -0.1) is 0 Å². The van der Waals surface area contributed by atoms with Gasteiger partial charge in [-0.3, -0.25) is 9.59 Å². The second-order valence-electron chi connectivity index (χ2n) is 8.68. The Morgan fingerprint density at radius 1 is 1.12 bits per heavy atom. The van der Waals surface area contributed by atoms with Crippen molar-refractivity contribution in [2.75, 3.05) is 26.3 Å². The first-order chi connectivity index (χ1) is 16.0. The van der Waals surface area contributed by atoms with Gasteiger partial charge >= 0.3 is 5.97 Å². The Hall–Kier alpha value is -2.95. The Morgan fingerprint density at radius 2 is 1.85 bits per heavy atom. The summed E-state index contributed by atoms with van der Waals surface area (Å²) in [6.45, 7) is 6.75. The lowest BCUT2D eigenvalue weighted by molar-refractivity contribution is -0.153. The lowest BCUT2D eigenvalue weighted by atomic mass is 10.0. The molecule has 0 radical (unpaired) electrons. The van der Waals surface area contributed by atoms with Gasteiger partial charge in [0.1, 0.15) is 35.4 Å². The molecule has 1 aromatic carbocycles. The molecular formula is C24H31NO9. The summed E-state index contributed by atoms with van der Waals surface area (Å²) < 4.78 is 33.1. The molecule has 2 heterocycles. The molecule has 2 aliphatic heterocycles. The standard InChI is InChI=1S/C24H31NO9/c1-13-7-8-17(26)22-19(33-24(3,4)34-22)11-20(27)25-16-9-15(30-6)10-18(31-12-29-5)21(16)23(28)32-14(13)2/h7-10,13-14,19,22H,11-12H2,1-6H3,(H,25,27)/b8-7-/t13-,14+,19+,22-/m1/s1. The number of nitrogens with one attached hydrogen (secondary N) is 1. The third-order valence-corrected chi connectivity index (χ3v) is 5.57. The molecule has 34 heavy (non-hydrogen) atoms. The van der Waals surface area contributed by atoms with Crippen molar-refractivity contribution < 1.29 is 42.8 Å². The molecule has 10 heteroatoms. The Labute approximate surface area is 198 Å². The van der Waals surface area contributed by atoms with E-state index in [1.165, 1.54) is 32.4 Å². The second kappa shape index (κ2) is 10.5. The van der Waals surface area contributed by atoms with E-state index in [0.29, 0.717) is 5.75 Å². The number of fused-ring (bicyclic) bond motifs is 2. The quantitative estimate of drug-likeness (QED) is 0.516. The molecule has 0 spiro atoms. The first-order valence-electron chi connectivity index (χ1n) is 11.0. The number of carbonyl (C=O) groups excluding carboxylic acids is 3. The van der Waals surface area contributed by atoms with Crippen molar-refractivity contribution in [1.29, 1.82) is 0 Å². The molecule has 3 rings (SSSR count). The third-order valence-electron chi connectivity index (χ3n) is 5.57. The zero-order valence-corrected chi connectivity index (χ0v) is 20.2. The molecular weight excluding hydrogens is 446 g/mol. The van der Waals surface area contributed by atoms with Gasteiger partial charge in [0.2, 0.25) is 5.91 Å². The van der Waals surface area contributed by atoms with Gasteiger partial charge in [-0.25, -0.2) is 4.79 Å². The summed E-state index contributed by atoms with van der Waals surface area (Å²) in [4.78, 5) is 39.0. The van der Waals surface area contributed by atoms with Crippen molar-refractivity contribution in [3.8, 4) is 11.5 Å². The van der Waals surface area contributed by atoms with Gasteiger partial charge in [0.15, 0.2) is 18.4 Å². The van der Waals surface area contributed by atoms with Crippen LogP contribution in [0.15, 0.2) is 24.3 Å². The van der Waals surface area contributed by atoms with E-state index in [2.05, 4.69) is 5.32 Å². The number of ether oxygens (including phenoxy) is 6. The van der Waals surface area contributed by atoms with Crippen LogP contribution < -0.4 is 14.8 Å². The number of amides is 1. The number of hydrogen-bond acceptors (Lipinski definition) is 9. The van der Waals surface area contributed by atoms with E-state index in [9.17, 15) is 14.4 Å². The van der Waals surface area contributed by atoms with Gasteiger partial charge in [0.25, 0.3) is 0 Å². The average molecular weight is 478 g/mol. The molecule has 0 saturated carbocycles. The minimum absolute atomic E-state index is 0.0165. The van der Waals surface area contributed by atoms with Crippen LogP contribution in [-0.2, 0) is 28.5 Å². The predicted octanol–water partition coefficient (Wildman–Crippen LogP) is 2.85. The fourth-order valence-corrected chi connectivity index (χ4v) is 3.70. The van der Waals surface area contributed by atoms with E-state index in [4.69, 9.17) is 28.4 Å². The third kappa shape index (κ3) is 5.94. The highest BCUT2D eigenvalue weighted by atomic mass is 16.8. The maximum Gasteiger partial charge on any atom is 0.344 e. The van der Waals surface area contributed by atoms with Gasteiger partial charge in [-0.2, -0.15) is 0 Å². The molecule has 1 amide bonds. The monoisotopic (exact) mass is 477 g/mol. The predicted molar refractivity (Wildman–Crippen MR) is 121 cm³/mol. The SMILES string of the molecule is COCOc1cc(OC)cc2c1C(=O)O[C@@H](C)[C@H](C)/C=C\C(=O)[C@H]1OC(C)(C)O[C@H]1CC(=O)N2. The van der Waals surface area contributed by atoms with Crippen molar-refractivity contribution in [2.45, 2.75) is 58.2 Å². The number of cyclic esters (lactones) is 1. The Bertz CT molecular complexity index is 971. The summed E-state index contributed by atoms with van der Waals surface area (Å²) in [7, 11) is 2.89. The molecule has 1 saturated heterocycles. The van der Waals surface area contributed by atoms with E-state index in [-0.39, 0.29) is 41.9 Å². The van der Waals surface area contributed by atoms with E-state index in [0.717, 1.165) is 0 Å². The molecule has 2 aliphatic rings. The van der Waals surface area contributed by atoms with Crippen LogP contribution in [0.25, 0.3) is 0 Å². The number of esters is 1. The summed E-state index contributed by atoms with van der Waals surface area (Å²) in [5.74, 6) is -2.39. The van der Waals surface area contributed by atoms with Gasteiger partial charge in [-0.1, -0.05) is 13.0 Å². The lowest BCUT2D eigenvalue weighted by Gasteiger charge is -2.22. The molecule has 0 unspecified atom stereocenters. The molecule has 4 atom stereocenters. The average Bonchev–Trinajstić information content (AvgIpc) is 3.08. The highest BCUT2D eigenvalue weighted by molar-refractivity contribution is 6.04. The zero-order chi connectivity index (χ0) is 25.0. The van der Waals surface area contributed by atoms with Gasteiger partial charge in [-0.05, 0) is 26.8 Å². The topological polar surface area (TPSA) is 119 Å². The number of methoxy groups -OCH3 is 2. The number of anilines is 1. The van der Waals surface area contributed by atoms with Crippen LogP contribution in [0.4, 0.5) is 5.69 Å². The molecule has 1 aromatic rings. The molecule has 0 bridgehead atoms. The summed E-state index contributed by atoms with van der Waals surface area (Å²) in [6.07, 6.45) is 0.499. The molecule has 1 fully saturated rings. The van der Waals surface area contributed by atoms with Crippen molar-refractivity contribution in [2.24, 2.45) is 5.92 Å². The first-order valence-corrected chi connectivity index (χ1v) is 11.0. The molecule has 0 aliphatic carbocycles. The van der Waals surface area contributed by atoms with Crippen molar-refractivity contribution in [1.82, 2.24) is 0 Å². The molecule has 186 valence electrons. The molecule has 10 nitrogen and oxygen atoms in total. The number of carbonyl (C=O) groups is 3. The number of rotatable bonds is 4.